The molecule has 0 aliphatic heterocycles. The van der Waals surface area contributed by atoms with E-state index in [0.29, 0.717) is 12.1 Å². The zero-order chi connectivity index (χ0) is 11.4. The third-order valence-electron chi connectivity index (χ3n) is 2.25. The fourth-order valence-electron chi connectivity index (χ4n) is 1.52. The van der Waals surface area contributed by atoms with Crippen molar-refractivity contribution in [1.29, 1.82) is 0 Å². The van der Waals surface area contributed by atoms with E-state index in [1.54, 1.807) is 18.6 Å². The molecule has 0 atom stereocenters. The molecule has 16 heavy (non-hydrogen) atoms. The SMILES string of the molecule is O=C(O)Cc1[nH]ncc1Cc1cccnc1. The fraction of sp³-hybridized carbons (Fsp3) is 0.182. The Kier molecular flexibility index (Phi) is 2.95. The second-order valence-electron chi connectivity index (χ2n) is 3.48. The van der Waals surface area contributed by atoms with Gasteiger partial charge in [0.25, 0.3) is 0 Å². The van der Waals surface area contributed by atoms with E-state index in [1.807, 2.05) is 12.1 Å². The molecule has 0 unspecified atom stereocenters. The van der Waals surface area contributed by atoms with Gasteiger partial charge in [-0.3, -0.25) is 14.9 Å². The lowest BCUT2D eigenvalue weighted by atomic mass is 10.1. The molecule has 5 heteroatoms. The molecular formula is C11H11N3O2. The van der Waals surface area contributed by atoms with Gasteiger partial charge < -0.3 is 5.11 Å². The topological polar surface area (TPSA) is 78.9 Å². The van der Waals surface area contributed by atoms with E-state index in [4.69, 9.17) is 5.11 Å². The van der Waals surface area contributed by atoms with Crippen LogP contribution in [0.3, 0.4) is 0 Å². The highest BCUT2D eigenvalue weighted by Gasteiger charge is 2.09. The summed E-state index contributed by atoms with van der Waals surface area (Å²) in [5.41, 5.74) is 2.59. The monoisotopic (exact) mass is 217 g/mol. The second kappa shape index (κ2) is 4.57. The summed E-state index contributed by atoms with van der Waals surface area (Å²) >= 11 is 0. The van der Waals surface area contributed by atoms with E-state index in [9.17, 15) is 4.79 Å². The standard InChI is InChI=1S/C11H11N3O2/c15-11(16)5-10-9(7-13-14-10)4-8-2-1-3-12-6-8/h1-3,6-7H,4-5H2,(H,13,14)(H,15,16). The summed E-state index contributed by atoms with van der Waals surface area (Å²) < 4.78 is 0. The summed E-state index contributed by atoms with van der Waals surface area (Å²) in [4.78, 5) is 14.6. The zero-order valence-electron chi connectivity index (χ0n) is 8.55. The molecule has 0 aliphatic carbocycles. The lowest BCUT2D eigenvalue weighted by Gasteiger charge is -2.00. The number of carboxylic acid groups (broad SMARTS) is 1. The van der Waals surface area contributed by atoms with Crippen molar-refractivity contribution in [3.8, 4) is 0 Å². The van der Waals surface area contributed by atoms with Crippen LogP contribution in [-0.4, -0.2) is 26.3 Å². The molecule has 0 saturated carbocycles. The smallest absolute Gasteiger partial charge is 0.309 e. The normalized spacial score (nSPS) is 10.2. The highest BCUT2D eigenvalue weighted by Crippen LogP contribution is 2.11. The van der Waals surface area contributed by atoms with Gasteiger partial charge in [-0.15, -0.1) is 0 Å². The van der Waals surface area contributed by atoms with Crippen molar-refractivity contribution < 1.29 is 9.90 Å². The highest BCUT2D eigenvalue weighted by molar-refractivity contribution is 5.70. The van der Waals surface area contributed by atoms with Crippen LogP contribution in [0.5, 0.6) is 0 Å². The number of nitrogens with one attached hydrogen (secondary N) is 1. The molecule has 0 radical (unpaired) electrons. The molecule has 0 spiro atoms. The summed E-state index contributed by atoms with van der Waals surface area (Å²) in [7, 11) is 0. The molecule has 0 amide bonds. The van der Waals surface area contributed by atoms with Crippen LogP contribution in [0.4, 0.5) is 0 Å². The minimum absolute atomic E-state index is 0.0321. The number of aliphatic carboxylic acids is 1. The van der Waals surface area contributed by atoms with Crippen LogP contribution in [-0.2, 0) is 17.6 Å². The Morgan fingerprint density at radius 2 is 2.31 bits per heavy atom. The molecule has 2 rings (SSSR count). The molecule has 82 valence electrons. The van der Waals surface area contributed by atoms with Gasteiger partial charge in [0.2, 0.25) is 0 Å². The maximum Gasteiger partial charge on any atom is 0.309 e. The van der Waals surface area contributed by atoms with Gasteiger partial charge in [-0.1, -0.05) is 6.07 Å². The molecule has 0 bridgehead atoms. The summed E-state index contributed by atoms with van der Waals surface area (Å²) in [6.07, 6.45) is 5.74. The van der Waals surface area contributed by atoms with Crippen molar-refractivity contribution in [2.45, 2.75) is 12.8 Å². The first-order valence-corrected chi connectivity index (χ1v) is 4.87. The predicted octanol–water partition coefficient (Wildman–Crippen LogP) is 1.02. The minimum atomic E-state index is -0.864. The van der Waals surface area contributed by atoms with Crippen LogP contribution in [0.1, 0.15) is 16.8 Å². The molecule has 2 aromatic rings. The van der Waals surface area contributed by atoms with Gasteiger partial charge in [-0.25, -0.2) is 0 Å². The first kappa shape index (κ1) is 10.4. The van der Waals surface area contributed by atoms with Gasteiger partial charge in [0, 0.05) is 24.5 Å². The zero-order valence-corrected chi connectivity index (χ0v) is 8.55. The van der Waals surface area contributed by atoms with Gasteiger partial charge in [0.1, 0.15) is 0 Å². The van der Waals surface area contributed by atoms with Crippen LogP contribution in [0.2, 0.25) is 0 Å². The third-order valence-corrected chi connectivity index (χ3v) is 2.25. The Balaban J connectivity index is 2.16. The number of aromatic amines is 1. The summed E-state index contributed by atoms with van der Waals surface area (Å²) in [6.45, 7) is 0. The molecule has 0 aliphatic rings. The summed E-state index contributed by atoms with van der Waals surface area (Å²) in [6, 6.07) is 3.80. The van der Waals surface area contributed by atoms with Crippen molar-refractivity contribution in [3.05, 3.63) is 47.5 Å². The third kappa shape index (κ3) is 2.44. The molecule has 2 N–H and O–H groups in total. The first-order chi connectivity index (χ1) is 7.75. The van der Waals surface area contributed by atoms with E-state index in [2.05, 4.69) is 15.2 Å². The maximum absolute atomic E-state index is 10.6. The summed E-state index contributed by atoms with van der Waals surface area (Å²) in [5, 5.41) is 15.3. The Bertz CT molecular complexity index is 479. The van der Waals surface area contributed by atoms with Crippen LogP contribution in [0.15, 0.2) is 30.7 Å². The van der Waals surface area contributed by atoms with Crippen LogP contribution < -0.4 is 0 Å². The number of H-pyrrole nitrogens is 1. The average Bonchev–Trinajstić information content (AvgIpc) is 2.66. The van der Waals surface area contributed by atoms with Gasteiger partial charge in [-0.05, 0) is 17.2 Å². The van der Waals surface area contributed by atoms with E-state index in [0.717, 1.165) is 11.1 Å². The van der Waals surface area contributed by atoms with Crippen molar-refractivity contribution in [2.75, 3.05) is 0 Å². The van der Waals surface area contributed by atoms with E-state index in [1.165, 1.54) is 0 Å². The number of hydrogen-bond acceptors (Lipinski definition) is 3. The van der Waals surface area contributed by atoms with Crippen molar-refractivity contribution in [1.82, 2.24) is 15.2 Å². The highest BCUT2D eigenvalue weighted by atomic mass is 16.4. The lowest BCUT2D eigenvalue weighted by molar-refractivity contribution is -0.136. The fourth-order valence-corrected chi connectivity index (χ4v) is 1.52. The van der Waals surface area contributed by atoms with Gasteiger partial charge >= 0.3 is 5.97 Å². The summed E-state index contributed by atoms with van der Waals surface area (Å²) in [5.74, 6) is -0.864. The van der Waals surface area contributed by atoms with Crippen LogP contribution >= 0.6 is 0 Å². The number of aromatic nitrogens is 3. The number of carbonyl (C=O) groups is 1. The number of carboxylic acids is 1. The Morgan fingerprint density at radius 3 is 3.00 bits per heavy atom. The van der Waals surface area contributed by atoms with Gasteiger partial charge in [-0.2, -0.15) is 5.10 Å². The van der Waals surface area contributed by atoms with Crippen molar-refractivity contribution in [2.24, 2.45) is 0 Å². The molecule has 0 aromatic carbocycles. The van der Waals surface area contributed by atoms with Crippen LogP contribution in [0, 0.1) is 0 Å². The Labute approximate surface area is 92.2 Å². The number of nitrogens with zero attached hydrogens (tertiary/aromatic N) is 2. The van der Waals surface area contributed by atoms with Crippen molar-refractivity contribution >= 4 is 5.97 Å². The van der Waals surface area contributed by atoms with Gasteiger partial charge in [0.15, 0.2) is 0 Å². The first-order valence-electron chi connectivity index (χ1n) is 4.87. The number of rotatable bonds is 4. The molecular weight excluding hydrogens is 206 g/mol. The van der Waals surface area contributed by atoms with E-state index < -0.39 is 5.97 Å². The second-order valence-corrected chi connectivity index (χ2v) is 3.48. The molecule has 0 saturated heterocycles. The number of pyridine rings is 1. The Morgan fingerprint density at radius 1 is 1.44 bits per heavy atom. The van der Waals surface area contributed by atoms with E-state index in [-0.39, 0.29) is 6.42 Å². The minimum Gasteiger partial charge on any atom is -0.481 e. The predicted molar refractivity (Wildman–Crippen MR) is 57.0 cm³/mol. The quantitative estimate of drug-likeness (QED) is 0.801. The molecule has 2 aromatic heterocycles. The molecule has 2 heterocycles. The molecule has 5 nitrogen and oxygen atoms in total. The average molecular weight is 217 g/mol. The van der Waals surface area contributed by atoms with E-state index >= 15 is 0 Å². The molecule has 0 fully saturated rings. The lowest BCUT2D eigenvalue weighted by Crippen LogP contribution is -2.03. The van der Waals surface area contributed by atoms with Crippen LogP contribution in [0.25, 0.3) is 0 Å². The van der Waals surface area contributed by atoms with Gasteiger partial charge in [0.05, 0.1) is 12.6 Å². The maximum atomic E-state index is 10.6. The number of hydrogen-bond donors (Lipinski definition) is 2. The largest absolute Gasteiger partial charge is 0.481 e. The van der Waals surface area contributed by atoms with Crippen molar-refractivity contribution in [3.63, 3.8) is 0 Å². The Hall–Kier alpha value is -2.17.